The standard InChI is InChI=1S/C13H22N2O2/c1-10(2)13(3,16)9-14-7-11-5-6-12(17-4)15-8-11/h5-6,8,10,14,16H,7,9H2,1-4H3. The van der Waals surface area contributed by atoms with Gasteiger partial charge in [-0.1, -0.05) is 19.9 Å². The van der Waals surface area contributed by atoms with Crippen molar-refractivity contribution in [2.75, 3.05) is 13.7 Å². The molecular formula is C13H22N2O2. The summed E-state index contributed by atoms with van der Waals surface area (Å²) < 4.78 is 4.99. The van der Waals surface area contributed by atoms with Crippen LogP contribution in [0.15, 0.2) is 18.3 Å². The minimum Gasteiger partial charge on any atom is -0.481 e. The minimum absolute atomic E-state index is 0.226. The molecule has 0 amide bonds. The molecule has 0 saturated carbocycles. The largest absolute Gasteiger partial charge is 0.481 e. The maximum absolute atomic E-state index is 10.1. The summed E-state index contributed by atoms with van der Waals surface area (Å²) in [4.78, 5) is 4.12. The molecule has 1 unspecified atom stereocenters. The molecule has 0 radical (unpaired) electrons. The van der Waals surface area contributed by atoms with Crippen LogP contribution in [0.2, 0.25) is 0 Å². The van der Waals surface area contributed by atoms with Crippen LogP contribution in [0.5, 0.6) is 5.88 Å². The summed E-state index contributed by atoms with van der Waals surface area (Å²) in [7, 11) is 1.60. The molecule has 1 aromatic heterocycles. The van der Waals surface area contributed by atoms with E-state index in [1.54, 1.807) is 13.3 Å². The Kier molecular flexibility index (Phi) is 4.90. The number of methoxy groups -OCH3 is 1. The van der Waals surface area contributed by atoms with E-state index in [9.17, 15) is 5.11 Å². The van der Waals surface area contributed by atoms with Crippen molar-refractivity contribution in [3.8, 4) is 5.88 Å². The van der Waals surface area contributed by atoms with Gasteiger partial charge < -0.3 is 15.2 Å². The first kappa shape index (κ1) is 13.9. The summed E-state index contributed by atoms with van der Waals surface area (Å²) >= 11 is 0. The molecule has 0 aliphatic heterocycles. The van der Waals surface area contributed by atoms with Crippen molar-refractivity contribution in [1.29, 1.82) is 0 Å². The maximum atomic E-state index is 10.1. The van der Waals surface area contributed by atoms with E-state index in [1.165, 1.54) is 0 Å². The second kappa shape index (κ2) is 5.98. The second-order valence-corrected chi connectivity index (χ2v) is 4.82. The number of pyridine rings is 1. The van der Waals surface area contributed by atoms with E-state index in [-0.39, 0.29) is 5.92 Å². The molecule has 1 atom stereocenters. The second-order valence-electron chi connectivity index (χ2n) is 4.82. The number of ether oxygens (including phenoxy) is 1. The van der Waals surface area contributed by atoms with Gasteiger partial charge >= 0.3 is 0 Å². The zero-order valence-electron chi connectivity index (χ0n) is 11.0. The van der Waals surface area contributed by atoms with Gasteiger partial charge in [0.2, 0.25) is 5.88 Å². The lowest BCUT2D eigenvalue weighted by molar-refractivity contribution is 0.0140. The van der Waals surface area contributed by atoms with E-state index in [2.05, 4.69) is 10.3 Å². The first-order valence-electron chi connectivity index (χ1n) is 5.87. The fourth-order valence-electron chi connectivity index (χ4n) is 1.30. The number of aliphatic hydroxyl groups is 1. The van der Waals surface area contributed by atoms with Crippen LogP contribution in [-0.4, -0.2) is 29.3 Å². The highest BCUT2D eigenvalue weighted by Gasteiger charge is 2.23. The zero-order valence-corrected chi connectivity index (χ0v) is 11.0. The van der Waals surface area contributed by atoms with Gasteiger partial charge in [0, 0.05) is 25.4 Å². The summed E-state index contributed by atoms with van der Waals surface area (Å²) in [6.45, 7) is 7.13. The molecule has 0 spiro atoms. The van der Waals surface area contributed by atoms with Crippen LogP contribution < -0.4 is 10.1 Å². The molecule has 17 heavy (non-hydrogen) atoms. The summed E-state index contributed by atoms with van der Waals surface area (Å²) in [5.41, 5.74) is 0.394. The van der Waals surface area contributed by atoms with E-state index in [0.717, 1.165) is 5.56 Å². The molecule has 0 aromatic carbocycles. The van der Waals surface area contributed by atoms with Gasteiger partial charge in [-0.2, -0.15) is 0 Å². The molecule has 2 N–H and O–H groups in total. The van der Waals surface area contributed by atoms with Crippen molar-refractivity contribution in [3.63, 3.8) is 0 Å². The first-order valence-corrected chi connectivity index (χ1v) is 5.87. The molecular weight excluding hydrogens is 216 g/mol. The number of rotatable bonds is 6. The van der Waals surface area contributed by atoms with Gasteiger partial charge in [0.25, 0.3) is 0 Å². The lowest BCUT2D eigenvalue weighted by Gasteiger charge is -2.27. The highest BCUT2D eigenvalue weighted by molar-refractivity contribution is 5.17. The van der Waals surface area contributed by atoms with Gasteiger partial charge in [-0.25, -0.2) is 4.98 Å². The number of hydrogen-bond acceptors (Lipinski definition) is 4. The topological polar surface area (TPSA) is 54.4 Å². The fourth-order valence-corrected chi connectivity index (χ4v) is 1.30. The molecule has 1 rings (SSSR count). The Morgan fingerprint density at radius 2 is 2.18 bits per heavy atom. The molecule has 0 saturated heterocycles. The molecule has 1 aromatic rings. The SMILES string of the molecule is COc1ccc(CNCC(C)(O)C(C)C)cn1. The van der Waals surface area contributed by atoms with Gasteiger partial charge in [0.15, 0.2) is 0 Å². The minimum atomic E-state index is -0.681. The van der Waals surface area contributed by atoms with E-state index >= 15 is 0 Å². The summed E-state index contributed by atoms with van der Waals surface area (Å²) in [6.07, 6.45) is 1.77. The molecule has 0 bridgehead atoms. The van der Waals surface area contributed by atoms with Crippen molar-refractivity contribution >= 4 is 0 Å². The fraction of sp³-hybridized carbons (Fsp3) is 0.615. The molecule has 96 valence electrons. The number of aromatic nitrogens is 1. The van der Waals surface area contributed by atoms with Gasteiger partial charge in [-0.05, 0) is 18.4 Å². The quantitative estimate of drug-likeness (QED) is 0.790. The Bertz CT molecular complexity index is 334. The third kappa shape index (κ3) is 4.32. The summed E-state index contributed by atoms with van der Waals surface area (Å²) in [5, 5.41) is 13.3. The van der Waals surface area contributed by atoms with Gasteiger partial charge in [0.05, 0.1) is 12.7 Å². The first-order chi connectivity index (χ1) is 7.95. The third-order valence-corrected chi connectivity index (χ3v) is 3.06. The Labute approximate surface area is 103 Å². The molecule has 1 heterocycles. The van der Waals surface area contributed by atoms with E-state index < -0.39 is 5.60 Å². The van der Waals surface area contributed by atoms with Crippen LogP contribution >= 0.6 is 0 Å². The zero-order chi connectivity index (χ0) is 12.9. The lowest BCUT2D eigenvalue weighted by atomic mass is 9.92. The smallest absolute Gasteiger partial charge is 0.212 e. The van der Waals surface area contributed by atoms with Gasteiger partial charge in [0.1, 0.15) is 0 Å². The molecule has 0 aliphatic carbocycles. The predicted molar refractivity (Wildman–Crippen MR) is 68.0 cm³/mol. The molecule has 4 nitrogen and oxygen atoms in total. The highest BCUT2D eigenvalue weighted by Crippen LogP contribution is 2.14. The van der Waals surface area contributed by atoms with E-state index in [0.29, 0.717) is 19.0 Å². The van der Waals surface area contributed by atoms with E-state index in [1.807, 2.05) is 32.9 Å². The van der Waals surface area contributed by atoms with Crippen LogP contribution in [0.1, 0.15) is 26.3 Å². The van der Waals surface area contributed by atoms with Crippen molar-refractivity contribution in [3.05, 3.63) is 23.9 Å². The molecule has 4 heteroatoms. The number of nitrogens with one attached hydrogen (secondary N) is 1. The van der Waals surface area contributed by atoms with E-state index in [4.69, 9.17) is 4.74 Å². The van der Waals surface area contributed by atoms with Crippen LogP contribution in [-0.2, 0) is 6.54 Å². The predicted octanol–water partition coefficient (Wildman–Crippen LogP) is 1.59. The van der Waals surface area contributed by atoms with Crippen LogP contribution in [0.4, 0.5) is 0 Å². The summed E-state index contributed by atoms with van der Waals surface area (Å²) in [6, 6.07) is 3.79. The summed E-state index contributed by atoms with van der Waals surface area (Å²) in [5.74, 6) is 0.840. The normalized spacial score (nSPS) is 14.7. The molecule has 0 fully saturated rings. The monoisotopic (exact) mass is 238 g/mol. The average molecular weight is 238 g/mol. The third-order valence-electron chi connectivity index (χ3n) is 3.06. The Morgan fingerprint density at radius 1 is 1.47 bits per heavy atom. The van der Waals surface area contributed by atoms with Crippen molar-refractivity contribution in [2.45, 2.75) is 32.9 Å². The van der Waals surface area contributed by atoms with Crippen molar-refractivity contribution in [1.82, 2.24) is 10.3 Å². The van der Waals surface area contributed by atoms with Crippen molar-refractivity contribution < 1.29 is 9.84 Å². The lowest BCUT2D eigenvalue weighted by Crippen LogP contribution is -2.41. The van der Waals surface area contributed by atoms with Gasteiger partial charge in [-0.15, -0.1) is 0 Å². The Hall–Kier alpha value is -1.13. The number of hydrogen-bond donors (Lipinski definition) is 2. The maximum Gasteiger partial charge on any atom is 0.212 e. The van der Waals surface area contributed by atoms with Crippen LogP contribution in [0, 0.1) is 5.92 Å². The Balaban J connectivity index is 2.40. The highest BCUT2D eigenvalue weighted by atomic mass is 16.5. The van der Waals surface area contributed by atoms with Crippen LogP contribution in [0.25, 0.3) is 0 Å². The number of nitrogens with zero attached hydrogens (tertiary/aromatic N) is 1. The Morgan fingerprint density at radius 3 is 2.65 bits per heavy atom. The van der Waals surface area contributed by atoms with Crippen LogP contribution in [0.3, 0.4) is 0 Å². The molecule has 0 aliphatic rings. The average Bonchev–Trinajstić information content (AvgIpc) is 2.29. The van der Waals surface area contributed by atoms with Gasteiger partial charge in [-0.3, -0.25) is 0 Å². The van der Waals surface area contributed by atoms with Crippen molar-refractivity contribution in [2.24, 2.45) is 5.92 Å².